The Morgan fingerprint density at radius 2 is 1.69 bits per heavy atom. The number of hydrogen-bond acceptors (Lipinski definition) is 2. The van der Waals surface area contributed by atoms with Crippen molar-refractivity contribution in [2.45, 2.75) is 12.3 Å². The van der Waals surface area contributed by atoms with Gasteiger partial charge in [-0.1, -0.05) is 18.2 Å². The zero-order valence-electron chi connectivity index (χ0n) is 6.42. The van der Waals surface area contributed by atoms with Crippen molar-refractivity contribution in [1.29, 1.82) is 0 Å². The third-order valence-corrected chi connectivity index (χ3v) is 1.54. The second-order valence-corrected chi connectivity index (χ2v) is 2.50. The minimum Gasteiger partial charge on any atom is -0.508 e. The number of aliphatic hydroxyl groups is 1. The second kappa shape index (κ2) is 3.26. The molecule has 0 aliphatic heterocycles. The van der Waals surface area contributed by atoms with Gasteiger partial charge in [-0.15, -0.1) is 0 Å². The fraction of sp³-hybridized carbons (Fsp3) is 0.250. The molecule has 1 rings (SSSR count). The molecule has 1 unspecified atom stereocenters. The molecular weight excluding hydrogens is 185 g/mol. The van der Waals surface area contributed by atoms with Gasteiger partial charge in [-0.25, -0.2) is 0 Å². The van der Waals surface area contributed by atoms with Crippen LogP contribution in [-0.4, -0.2) is 16.4 Å². The molecule has 0 aliphatic carbocycles. The van der Waals surface area contributed by atoms with E-state index in [1.54, 1.807) is 0 Å². The number of para-hydroxylation sites is 1. The molecule has 0 amide bonds. The van der Waals surface area contributed by atoms with Crippen LogP contribution < -0.4 is 0 Å². The molecule has 13 heavy (non-hydrogen) atoms. The monoisotopic (exact) mass is 192 g/mol. The topological polar surface area (TPSA) is 40.5 Å². The summed E-state index contributed by atoms with van der Waals surface area (Å²) < 4.78 is 35.9. The number of phenols is 1. The van der Waals surface area contributed by atoms with Gasteiger partial charge in [0.2, 0.25) is 0 Å². The van der Waals surface area contributed by atoms with E-state index in [4.69, 9.17) is 10.2 Å². The van der Waals surface area contributed by atoms with Crippen LogP contribution in [0.1, 0.15) is 11.7 Å². The number of phenolic OH excluding ortho intramolecular Hbond substituents is 1. The summed E-state index contributed by atoms with van der Waals surface area (Å²) in [6, 6.07) is 4.80. The Morgan fingerprint density at radius 3 is 2.15 bits per heavy atom. The number of benzene rings is 1. The van der Waals surface area contributed by atoms with Crippen LogP contribution in [-0.2, 0) is 0 Å². The Bertz CT molecular complexity index is 296. The molecule has 0 heterocycles. The summed E-state index contributed by atoms with van der Waals surface area (Å²) in [5.74, 6) is -0.563. The van der Waals surface area contributed by atoms with Crippen molar-refractivity contribution in [3.05, 3.63) is 29.8 Å². The molecule has 1 atom stereocenters. The van der Waals surface area contributed by atoms with Crippen molar-refractivity contribution in [1.82, 2.24) is 0 Å². The molecule has 1 aromatic rings. The first-order valence-electron chi connectivity index (χ1n) is 3.45. The van der Waals surface area contributed by atoms with Crippen LogP contribution in [0.5, 0.6) is 5.75 Å². The molecule has 1 aromatic carbocycles. The quantitative estimate of drug-likeness (QED) is 0.714. The summed E-state index contributed by atoms with van der Waals surface area (Å²) in [7, 11) is 0. The lowest BCUT2D eigenvalue weighted by atomic mass is 10.1. The number of aromatic hydroxyl groups is 1. The Kier molecular flexibility index (Phi) is 2.47. The normalized spacial score (nSPS) is 14.2. The maximum Gasteiger partial charge on any atom is 0.418 e. The largest absolute Gasteiger partial charge is 0.508 e. The first kappa shape index (κ1) is 9.85. The van der Waals surface area contributed by atoms with E-state index >= 15 is 0 Å². The van der Waals surface area contributed by atoms with Crippen LogP contribution in [0, 0.1) is 0 Å². The van der Waals surface area contributed by atoms with Gasteiger partial charge in [0.25, 0.3) is 0 Å². The van der Waals surface area contributed by atoms with Crippen LogP contribution in [0.25, 0.3) is 0 Å². The molecule has 5 heteroatoms. The summed E-state index contributed by atoms with van der Waals surface area (Å²) in [4.78, 5) is 0. The number of alkyl halides is 3. The molecule has 2 nitrogen and oxygen atoms in total. The third kappa shape index (κ3) is 2.12. The first-order valence-corrected chi connectivity index (χ1v) is 3.45. The lowest BCUT2D eigenvalue weighted by molar-refractivity contribution is -0.207. The van der Waals surface area contributed by atoms with E-state index in [0.29, 0.717) is 0 Å². The highest BCUT2D eigenvalue weighted by Gasteiger charge is 2.40. The smallest absolute Gasteiger partial charge is 0.418 e. The van der Waals surface area contributed by atoms with E-state index in [1.165, 1.54) is 12.1 Å². The van der Waals surface area contributed by atoms with Crippen molar-refractivity contribution >= 4 is 0 Å². The van der Waals surface area contributed by atoms with Gasteiger partial charge in [0.1, 0.15) is 5.75 Å². The van der Waals surface area contributed by atoms with Gasteiger partial charge in [0.15, 0.2) is 6.10 Å². The third-order valence-electron chi connectivity index (χ3n) is 1.54. The molecule has 72 valence electrons. The Morgan fingerprint density at radius 1 is 1.15 bits per heavy atom. The van der Waals surface area contributed by atoms with Crippen molar-refractivity contribution in [3.8, 4) is 5.75 Å². The zero-order valence-corrected chi connectivity index (χ0v) is 6.42. The van der Waals surface area contributed by atoms with Crippen LogP contribution in [0.3, 0.4) is 0 Å². The zero-order chi connectivity index (χ0) is 10.1. The SMILES string of the molecule is Oc1ccccc1C(O)C(F)(F)F. The second-order valence-electron chi connectivity index (χ2n) is 2.50. The van der Waals surface area contributed by atoms with Crippen LogP contribution in [0.4, 0.5) is 13.2 Å². The average molecular weight is 192 g/mol. The fourth-order valence-corrected chi connectivity index (χ4v) is 0.895. The number of rotatable bonds is 1. The molecule has 0 aromatic heterocycles. The molecule has 2 N–H and O–H groups in total. The van der Waals surface area contributed by atoms with Gasteiger partial charge >= 0.3 is 6.18 Å². The predicted octanol–water partition coefficient (Wildman–Crippen LogP) is 1.99. The Labute approximate surface area is 72.2 Å². The van der Waals surface area contributed by atoms with E-state index in [0.717, 1.165) is 12.1 Å². The van der Waals surface area contributed by atoms with Crippen molar-refractivity contribution in [2.24, 2.45) is 0 Å². The molecule has 0 saturated carbocycles. The Hall–Kier alpha value is -1.23. The number of aliphatic hydroxyl groups excluding tert-OH is 1. The lowest BCUT2D eigenvalue weighted by Gasteiger charge is -2.15. The van der Waals surface area contributed by atoms with Gasteiger partial charge < -0.3 is 10.2 Å². The first-order chi connectivity index (χ1) is 5.93. The molecule has 0 saturated heterocycles. The van der Waals surface area contributed by atoms with Crippen LogP contribution >= 0.6 is 0 Å². The number of halogens is 3. The van der Waals surface area contributed by atoms with Crippen LogP contribution in [0.2, 0.25) is 0 Å². The van der Waals surface area contributed by atoms with Gasteiger partial charge in [-0.2, -0.15) is 13.2 Å². The predicted molar refractivity (Wildman–Crippen MR) is 39.1 cm³/mol. The fourth-order valence-electron chi connectivity index (χ4n) is 0.895. The molecule has 0 aliphatic rings. The highest BCUT2D eigenvalue weighted by molar-refractivity contribution is 5.34. The van der Waals surface area contributed by atoms with E-state index in [2.05, 4.69) is 0 Å². The Balaban J connectivity index is 3.02. The summed E-state index contributed by atoms with van der Waals surface area (Å²) >= 11 is 0. The minimum atomic E-state index is -4.75. The summed E-state index contributed by atoms with van der Waals surface area (Å²) in [6.45, 7) is 0. The molecule has 0 fully saturated rings. The van der Waals surface area contributed by atoms with Gasteiger partial charge in [-0.05, 0) is 6.07 Å². The molecule has 0 bridgehead atoms. The summed E-state index contributed by atoms with van der Waals surface area (Å²) in [5.41, 5.74) is -0.532. The van der Waals surface area contributed by atoms with Crippen LogP contribution in [0.15, 0.2) is 24.3 Å². The molecular formula is C8H7F3O2. The van der Waals surface area contributed by atoms with Crippen molar-refractivity contribution < 1.29 is 23.4 Å². The highest BCUT2D eigenvalue weighted by Crippen LogP contribution is 2.36. The standard InChI is InChI=1S/C8H7F3O2/c9-8(10,11)7(13)5-3-1-2-4-6(5)12/h1-4,7,12-13H. The molecule has 0 radical (unpaired) electrons. The van der Waals surface area contributed by atoms with Gasteiger partial charge in [0.05, 0.1) is 0 Å². The minimum absolute atomic E-state index is 0.532. The summed E-state index contributed by atoms with van der Waals surface area (Å²) in [6.07, 6.45) is -7.38. The van der Waals surface area contributed by atoms with E-state index in [-0.39, 0.29) is 0 Å². The maximum atomic E-state index is 12.0. The lowest BCUT2D eigenvalue weighted by Crippen LogP contribution is -2.20. The van der Waals surface area contributed by atoms with Gasteiger partial charge in [0, 0.05) is 5.56 Å². The summed E-state index contributed by atoms with van der Waals surface area (Å²) in [5, 5.41) is 17.7. The highest BCUT2D eigenvalue weighted by atomic mass is 19.4. The van der Waals surface area contributed by atoms with Crippen molar-refractivity contribution in [3.63, 3.8) is 0 Å². The van der Waals surface area contributed by atoms with E-state index in [1.807, 2.05) is 0 Å². The van der Waals surface area contributed by atoms with E-state index in [9.17, 15) is 13.2 Å². The molecule has 0 spiro atoms. The number of hydrogen-bond donors (Lipinski definition) is 2. The van der Waals surface area contributed by atoms with Gasteiger partial charge in [-0.3, -0.25) is 0 Å². The van der Waals surface area contributed by atoms with Crippen molar-refractivity contribution in [2.75, 3.05) is 0 Å². The maximum absolute atomic E-state index is 12.0. The average Bonchev–Trinajstić information content (AvgIpc) is 2.02. The van der Waals surface area contributed by atoms with E-state index < -0.39 is 23.6 Å².